The summed E-state index contributed by atoms with van der Waals surface area (Å²) in [5.74, 6) is 0. The molecule has 9 nitrogen and oxygen atoms in total. The van der Waals surface area contributed by atoms with Crippen molar-refractivity contribution in [3.8, 4) is 0 Å². The summed E-state index contributed by atoms with van der Waals surface area (Å²) in [6.45, 7) is 6.78. The van der Waals surface area contributed by atoms with Crippen LogP contribution in [0.15, 0.2) is 0 Å². The van der Waals surface area contributed by atoms with Crippen molar-refractivity contribution in [1.29, 1.82) is 0 Å². The largest absolute Gasteiger partial charge is 3.00 e. The fourth-order valence-corrected chi connectivity index (χ4v) is 10.4. The Bertz CT molecular complexity index is 931. The van der Waals surface area contributed by atoms with Crippen LogP contribution in [0.1, 0.15) is 329 Å². The van der Waals surface area contributed by atoms with Gasteiger partial charge in [-0.15, -0.1) is 0 Å². The molecule has 0 heterocycles. The van der Waals surface area contributed by atoms with Gasteiger partial charge in [0.1, 0.15) is 0 Å². The van der Waals surface area contributed by atoms with Crippen molar-refractivity contribution >= 4 is 74.5 Å². The maximum atomic E-state index is 10.5. The molecule has 68 heavy (non-hydrogen) atoms. The van der Waals surface area contributed by atoms with Crippen molar-refractivity contribution in [2.75, 3.05) is 18.5 Å². The van der Waals surface area contributed by atoms with Gasteiger partial charge in [-0.3, -0.25) is 0 Å². The second kappa shape index (κ2) is 63.5. The molecule has 0 N–H and O–H groups in total. The first-order valence-electron chi connectivity index (χ1n) is 28.7. The van der Waals surface area contributed by atoms with Gasteiger partial charge in [0.2, 0.25) is 0 Å². The average molecular weight is 1230 g/mol. The van der Waals surface area contributed by atoms with Crippen molar-refractivity contribution in [3.05, 3.63) is 0 Å². The Labute approximate surface area is 461 Å². The first-order chi connectivity index (χ1) is 31.7. The molecule has 0 saturated heterocycles. The number of hydrogen-bond acceptors (Lipinski definition) is 9. The minimum atomic E-state index is -4.25. The molecule has 0 aromatic heterocycles. The second-order valence-electron chi connectivity index (χ2n) is 19.9. The van der Waals surface area contributed by atoms with Crippen LogP contribution >= 0.6 is 22.8 Å². The molecule has 0 amide bonds. The summed E-state index contributed by atoms with van der Waals surface area (Å²) < 4.78 is 31.4. The normalized spacial score (nSPS) is 11.6. The molecule has 0 fully saturated rings. The predicted molar refractivity (Wildman–Crippen MR) is 288 cm³/mol. The van der Waals surface area contributed by atoms with E-state index in [0.717, 1.165) is 38.5 Å². The van der Waals surface area contributed by atoms with Gasteiger partial charge >= 0.3 is 51.7 Å². The third-order valence-electron chi connectivity index (χ3n) is 12.9. The Morgan fingerprint density at radius 3 is 0.368 bits per heavy atom. The maximum Gasteiger partial charge on any atom is 3.00 e. The van der Waals surface area contributed by atoms with E-state index in [1.165, 1.54) is 250 Å². The monoisotopic (exact) mass is 1230 g/mol. The molecule has 0 saturated carbocycles. The Morgan fingerprint density at radius 1 is 0.191 bits per heavy atom. The van der Waals surface area contributed by atoms with Crippen molar-refractivity contribution < 1.29 is 43.1 Å². The third kappa shape index (κ3) is 87.9. The standard InChI is InChI=1S/3C18H39O3P.2In/c3*1-2-3-4-5-6-7-8-9-10-11-12-13-14-15-16-17-18-22(19,20)21;;/h3*2-18H2,1H3,(H2,19,20,21);;/q;;;2*+3/p-6. The minimum absolute atomic E-state index is 0. The summed E-state index contributed by atoms with van der Waals surface area (Å²) in [6, 6.07) is 0. The molecule has 0 spiro atoms. The quantitative estimate of drug-likeness (QED) is 0.0421. The van der Waals surface area contributed by atoms with Gasteiger partial charge in [-0.1, -0.05) is 332 Å². The van der Waals surface area contributed by atoms with Crippen LogP contribution < -0.4 is 29.4 Å². The maximum absolute atomic E-state index is 10.5. The van der Waals surface area contributed by atoms with Crippen LogP contribution in [0.3, 0.4) is 0 Å². The smallest absolute Gasteiger partial charge is 0.811 e. The summed E-state index contributed by atoms with van der Waals surface area (Å²) in [6.07, 6.45) is 59.8. The van der Waals surface area contributed by atoms with Gasteiger partial charge in [0.25, 0.3) is 0 Å². The first-order valence-corrected chi connectivity index (χ1v) is 33.9. The molecule has 0 bridgehead atoms. The number of hydrogen-bond donors (Lipinski definition) is 0. The Morgan fingerprint density at radius 2 is 0.279 bits per heavy atom. The molecular weight excluding hydrogens is 1120 g/mol. The molecule has 0 atom stereocenters. The van der Waals surface area contributed by atoms with E-state index in [4.69, 9.17) is 0 Å². The van der Waals surface area contributed by atoms with Gasteiger partial charge in [-0.05, 0) is 37.7 Å². The fraction of sp³-hybridized carbons (Fsp3) is 1.00. The molecule has 0 aliphatic rings. The molecule has 402 valence electrons. The zero-order valence-electron chi connectivity index (χ0n) is 45.2. The van der Waals surface area contributed by atoms with Crippen LogP contribution in [-0.2, 0) is 13.7 Å². The van der Waals surface area contributed by atoms with Crippen molar-refractivity contribution in [2.24, 2.45) is 0 Å². The van der Waals surface area contributed by atoms with Gasteiger partial charge in [0.15, 0.2) is 0 Å². The average Bonchev–Trinajstić information content (AvgIpc) is 3.25. The molecule has 0 aliphatic carbocycles. The molecule has 0 aromatic rings. The molecule has 0 unspecified atom stereocenters. The predicted octanol–water partition coefficient (Wildman–Crippen LogP) is 14.7. The Hall–Kier alpha value is 2.19. The Kier molecular flexibility index (Phi) is 73.8. The van der Waals surface area contributed by atoms with Crippen molar-refractivity contribution in [1.82, 2.24) is 0 Å². The van der Waals surface area contributed by atoms with Crippen LogP contribution in [0.4, 0.5) is 0 Å². The van der Waals surface area contributed by atoms with Gasteiger partial charge < -0.3 is 43.1 Å². The SMILES string of the molecule is CCCCCCCCCCCCCCCCCCP(=O)([O-])[O-].CCCCCCCCCCCCCCCCCCP(=O)([O-])[O-].CCCCCCCCCCCCCCCCCCP(=O)([O-])[O-].[In+3].[In+3]. The van der Waals surface area contributed by atoms with E-state index < -0.39 is 22.8 Å². The second-order valence-corrected chi connectivity index (χ2v) is 24.9. The summed E-state index contributed by atoms with van der Waals surface area (Å²) >= 11 is 0. The van der Waals surface area contributed by atoms with Crippen LogP contribution in [0.25, 0.3) is 0 Å². The fourth-order valence-electron chi connectivity index (χ4n) is 8.56. The molecular formula is C54H111In2O9P3. The number of unbranched alkanes of at least 4 members (excludes halogenated alkanes) is 45. The summed E-state index contributed by atoms with van der Waals surface area (Å²) in [7, 11) is -12.8. The summed E-state index contributed by atoms with van der Waals surface area (Å²) in [5.41, 5.74) is 0. The van der Waals surface area contributed by atoms with Crippen molar-refractivity contribution in [2.45, 2.75) is 329 Å². The molecule has 0 radical (unpaired) electrons. The summed E-state index contributed by atoms with van der Waals surface area (Å²) in [4.78, 5) is 62.7. The van der Waals surface area contributed by atoms with Gasteiger partial charge in [-0.25, -0.2) is 0 Å². The van der Waals surface area contributed by atoms with E-state index in [0.29, 0.717) is 19.3 Å². The van der Waals surface area contributed by atoms with E-state index >= 15 is 0 Å². The molecule has 0 aliphatic heterocycles. The van der Waals surface area contributed by atoms with Crippen LogP contribution in [0.5, 0.6) is 0 Å². The van der Waals surface area contributed by atoms with Gasteiger partial charge in [0.05, 0.1) is 0 Å². The van der Waals surface area contributed by atoms with Gasteiger partial charge in [-0.2, -0.15) is 0 Å². The van der Waals surface area contributed by atoms with E-state index in [9.17, 15) is 43.1 Å². The summed E-state index contributed by atoms with van der Waals surface area (Å²) in [5, 5.41) is 0. The number of rotatable bonds is 51. The van der Waals surface area contributed by atoms with Crippen LogP contribution in [-0.4, -0.2) is 70.2 Å². The third-order valence-corrected chi connectivity index (χ3v) is 15.4. The zero-order valence-corrected chi connectivity index (χ0v) is 54.5. The van der Waals surface area contributed by atoms with E-state index in [1.807, 2.05) is 0 Å². The van der Waals surface area contributed by atoms with Crippen LogP contribution in [0.2, 0.25) is 0 Å². The van der Waals surface area contributed by atoms with E-state index in [-0.39, 0.29) is 70.2 Å². The minimum Gasteiger partial charge on any atom is -0.811 e. The topological polar surface area (TPSA) is 190 Å². The molecule has 14 heteroatoms. The van der Waals surface area contributed by atoms with Crippen molar-refractivity contribution in [3.63, 3.8) is 0 Å². The van der Waals surface area contributed by atoms with E-state index in [2.05, 4.69) is 20.8 Å². The first kappa shape index (κ1) is 79.1. The van der Waals surface area contributed by atoms with E-state index in [1.54, 1.807) is 0 Å². The van der Waals surface area contributed by atoms with Gasteiger partial charge in [0, 0.05) is 0 Å². The zero-order chi connectivity index (χ0) is 49.6. The Balaban J connectivity index is -0.000000288. The molecule has 0 rings (SSSR count). The van der Waals surface area contributed by atoms with Crippen LogP contribution in [0, 0.1) is 0 Å². The molecule has 0 aromatic carbocycles.